The Balaban J connectivity index is 1.12. The van der Waals surface area contributed by atoms with Crippen LogP contribution >= 0.6 is 0 Å². The molecule has 4 atom stereocenters. The average molecular weight is 878 g/mol. The van der Waals surface area contributed by atoms with Crippen LogP contribution in [0.3, 0.4) is 0 Å². The molecule has 3 aromatic rings. The van der Waals surface area contributed by atoms with Crippen LogP contribution < -0.4 is 34.5 Å². The molecule has 3 aromatic carbocycles. The van der Waals surface area contributed by atoms with Gasteiger partial charge < -0.3 is 54.2 Å². The number of carbonyl (C=O) groups excluding carboxylic acids is 4. The number of nitrogens with zero attached hydrogens (tertiary/aromatic N) is 4. The molecule has 4 heterocycles. The van der Waals surface area contributed by atoms with Crippen molar-refractivity contribution in [2.75, 3.05) is 49.6 Å². The lowest BCUT2D eigenvalue weighted by molar-refractivity contribution is 0.0545. The average Bonchev–Trinajstić information content (AvgIpc) is 3.89. The molecular formula is C47H51N5O12. The molecule has 0 aromatic heterocycles. The minimum absolute atomic E-state index is 0.0411. The zero-order chi connectivity index (χ0) is 45.7. The molecule has 0 spiro atoms. The van der Waals surface area contributed by atoms with E-state index in [9.17, 15) is 29.4 Å². The number of aliphatic hydroxyl groups is 2. The van der Waals surface area contributed by atoms with Crippen LogP contribution in [-0.2, 0) is 16.1 Å². The van der Waals surface area contributed by atoms with Crippen LogP contribution in [0.4, 0.5) is 26.7 Å². The number of carbonyl (C=O) groups is 4. The first-order chi connectivity index (χ1) is 30.9. The summed E-state index contributed by atoms with van der Waals surface area (Å²) in [5.41, 5.74) is 8.90. The van der Waals surface area contributed by atoms with Crippen LogP contribution in [0.5, 0.6) is 23.0 Å². The molecule has 0 bridgehead atoms. The second-order valence-corrected chi connectivity index (χ2v) is 15.2. The fourth-order valence-corrected chi connectivity index (χ4v) is 8.06. The molecule has 7 rings (SSSR count). The monoisotopic (exact) mass is 877 g/mol. The van der Waals surface area contributed by atoms with E-state index in [2.05, 4.69) is 6.58 Å². The van der Waals surface area contributed by atoms with E-state index >= 15 is 0 Å². The number of allylic oxidation sites excluding steroid dienone is 4. The van der Waals surface area contributed by atoms with Crippen molar-refractivity contribution in [2.24, 2.45) is 0 Å². The van der Waals surface area contributed by atoms with Gasteiger partial charge in [-0.2, -0.15) is 0 Å². The lowest BCUT2D eigenvalue weighted by atomic mass is 10.1. The second-order valence-electron chi connectivity index (χ2n) is 15.2. The molecule has 4 aliphatic rings. The number of anilines is 3. The predicted octanol–water partition coefficient (Wildman–Crippen LogP) is 6.42. The van der Waals surface area contributed by atoms with Crippen molar-refractivity contribution >= 4 is 41.1 Å². The summed E-state index contributed by atoms with van der Waals surface area (Å²) in [5, 5.41) is 23.5. The Labute approximate surface area is 370 Å². The van der Waals surface area contributed by atoms with E-state index in [1.807, 2.05) is 38.2 Å². The summed E-state index contributed by atoms with van der Waals surface area (Å²) in [6.45, 7) is 7.12. The first kappa shape index (κ1) is 44.8. The molecular weight excluding hydrogens is 827 g/mol. The minimum atomic E-state index is -1.51. The van der Waals surface area contributed by atoms with Crippen molar-refractivity contribution in [3.63, 3.8) is 0 Å². The predicted molar refractivity (Wildman–Crippen MR) is 236 cm³/mol. The second kappa shape index (κ2) is 19.4. The first-order valence-corrected chi connectivity index (χ1v) is 20.7. The van der Waals surface area contributed by atoms with Crippen LogP contribution in [0, 0.1) is 0 Å². The molecule has 0 saturated heterocycles. The Morgan fingerprint density at radius 1 is 0.734 bits per heavy atom. The number of ether oxygens (including phenoxy) is 6. The molecule has 4 amide bonds. The Morgan fingerprint density at radius 3 is 1.64 bits per heavy atom. The van der Waals surface area contributed by atoms with Crippen LogP contribution in [0.1, 0.15) is 59.4 Å². The number of amides is 4. The van der Waals surface area contributed by atoms with Gasteiger partial charge in [-0.05, 0) is 67.7 Å². The molecule has 4 aliphatic heterocycles. The highest BCUT2D eigenvalue weighted by atomic mass is 16.6. The number of rotatable bonds is 14. The van der Waals surface area contributed by atoms with Crippen molar-refractivity contribution in [1.29, 1.82) is 0 Å². The van der Waals surface area contributed by atoms with E-state index in [4.69, 9.17) is 34.2 Å². The van der Waals surface area contributed by atoms with Gasteiger partial charge in [0.1, 0.15) is 13.2 Å². The minimum Gasteiger partial charge on any atom is -0.493 e. The topological polar surface area (TPSA) is 203 Å². The lowest BCUT2D eigenvalue weighted by Gasteiger charge is -2.31. The van der Waals surface area contributed by atoms with Crippen molar-refractivity contribution in [3.05, 3.63) is 126 Å². The summed E-state index contributed by atoms with van der Waals surface area (Å²) in [4.78, 5) is 60.5. The van der Waals surface area contributed by atoms with Gasteiger partial charge in [0.05, 0.1) is 62.0 Å². The zero-order valence-corrected chi connectivity index (χ0v) is 36.0. The van der Waals surface area contributed by atoms with Gasteiger partial charge in [0, 0.05) is 36.6 Å². The number of methoxy groups -OCH3 is 2. The van der Waals surface area contributed by atoms with Crippen LogP contribution in [-0.4, -0.2) is 103 Å². The van der Waals surface area contributed by atoms with Gasteiger partial charge in [-0.25, -0.2) is 19.4 Å². The van der Waals surface area contributed by atoms with E-state index < -0.39 is 48.5 Å². The molecule has 4 N–H and O–H groups in total. The van der Waals surface area contributed by atoms with E-state index in [0.29, 0.717) is 17.7 Å². The number of nitrogens with two attached hydrogens (primary N) is 1. The van der Waals surface area contributed by atoms with Crippen LogP contribution in [0.25, 0.3) is 0 Å². The third kappa shape index (κ3) is 8.85. The highest BCUT2D eigenvalue weighted by Crippen LogP contribution is 2.44. The Morgan fingerprint density at radius 2 is 1.20 bits per heavy atom. The quantitative estimate of drug-likeness (QED) is 0.0911. The van der Waals surface area contributed by atoms with Gasteiger partial charge >= 0.3 is 12.2 Å². The standard InChI is InChI=1S/C47H51N5O12/c1-6-10-29-19-36-44(55)51(46(57)63-16-8-3)34-23-40(38(59-4)21-32(34)42(53)49(36)25-29)61-17-9-18-62-41-24-35-33(22-39(41)60-5)43(54)50-26-30(11-7-2)20-37(50)45(56)52(35)47(58)64-27-28-12-14-31(48)15-13-28/h6-8,10-15,21-26,36-37,44-45,55-56H,3,9,16-20,27,48H2,1-2,4-5H3/b10-6+,11-7+/t36-,37-,44-,45-/m0/s1. The summed E-state index contributed by atoms with van der Waals surface area (Å²) in [6, 6.07) is 11.0. The lowest BCUT2D eigenvalue weighted by Crippen LogP contribution is -2.50. The molecule has 0 unspecified atom stereocenters. The summed E-state index contributed by atoms with van der Waals surface area (Å²) in [5.74, 6) is -0.183. The zero-order valence-electron chi connectivity index (χ0n) is 36.0. The molecule has 336 valence electrons. The number of hydrogen-bond acceptors (Lipinski definition) is 13. The van der Waals surface area contributed by atoms with Crippen LogP contribution in [0.15, 0.2) is 109 Å². The Bertz CT molecular complexity index is 2430. The van der Waals surface area contributed by atoms with Gasteiger partial charge in [-0.1, -0.05) is 49.1 Å². The van der Waals surface area contributed by atoms with Crippen molar-refractivity contribution in [1.82, 2.24) is 9.80 Å². The smallest absolute Gasteiger partial charge is 0.416 e. The van der Waals surface area contributed by atoms with Gasteiger partial charge in [0.25, 0.3) is 11.8 Å². The molecule has 17 nitrogen and oxygen atoms in total. The summed E-state index contributed by atoms with van der Waals surface area (Å²) >= 11 is 0. The number of benzene rings is 3. The third-order valence-corrected chi connectivity index (χ3v) is 11.1. The number of hydrogen-bond donors (Lipinski definition) is 3. The third-order valence-electron chi connectivity index (χ3n) is 11.1. The molecule has 0 aliphatic carbocycles. The molecule has 0 saturated carbocycles. The van der Waals surface area contributed by atoms with Crippen molar-refractivity contribution in [2.45, 2.75) is 64.3 Å². The fraction of sp³-hybridized carbons (Fsp3) is 0.319. The Hall–Kier alpha value is -7.24. The fourth-order valence-electron chi connectivity index (χ4n) is 8.06. The van der Waals surface area contributed by atoms with E-state index in [0.717, 1.165) is 20.9 Å². The number of nitrogen functional groups attached to an aromatic ring is 1. The van der Waals surface area contributed by atoms with Gasteiger partial charge in [-0.15, -0.1) is 0 Å². The highest BCUT2D eigenvalue weighted by molar-refractivity contribution is 6.07. The maximum absolute atomic E-state index is 14.2. The molecule has 64 heavy (non-hydrogen) atoms. The largest absolute Gasteiger partial charge is 0.493 e. The Kier molecular flexibility index (Phi) is 13.6. The normalized spacial score (nSPS) is 20.2. The van der Waals surface area contributed by atoms with Gasteiger partial charge in [0.15, 0.2) is 35.5 Å². The van der Waals surface area contributed by atoms with E-state index in [1.54, 1.807) is 36.7 Å². The molecule has 0 radical (unpaired) electrons. The highest BCUT2D eigenvalue weighted by Gasteiger charge is 2.47. The maximum Gasteiger partial charge on any atom is 0.416 e. The van der Waals surface area contributed by atoms with Crippen LogP contribution in [0.2, 0.25) is 0 Å². The molecule has 0 fully saturated rings. The number of fused-ring (bicyclic) bond motifs is 4. The van der Waals surface area contributed by atoms with Gasteiger partial charge in [0.2, 0.25) is 0 Å². The van der Waals surface area contributed by atoms with Crippen molar-refractivity contribution < 1.29 is 57.8 Å². The summed E-state index contributed by atoms with van der Waals surface area (Å²) in [7, 11) is 2.83. The summed E-state index contributed by atoms with van der Waals surface area (Å²) < 4.78 is 34.7. The van der Waals surface area contributed by atoms with E-state index in [1.165, 1.54) is 54.4 Å². The maximum atomic E-state index is 14.2. The van der Waals surface area contributed by atoms with Crippen molar-refractivity contribution in [3.8, 4) is 23.0 Å². The SMILES string of the molecule is C=CCOC(=O)N1c2cc(OCCCOc3cc4c(cc3OC)C(=O)N3C=C(/C=C/C)C[C@H]3[C@H](O)N4C(=O)OCc3ccc(N)cc3)c(OC)cc2C(=O)N2C=C(/C=C/C)C[C@H]2[C@@H]1O. The number of aliphatic hydroxyl groups excluding tert-OH is 2. The first-order valence-electron chi connectivity index (χ1n) is 20.7. The molecule has 17 heteroatoms. The van der Waals surface area contributed by atoms with E-state index in [-0.39, 0.29) is 84.8 Å². The van der Waals surface area contributed by atoms with Gasteiger partial charge in [-0.3, -0.25) is 9.59 Å². The summed E-state index contributed by atoms with van der Waals surface area (Å²) in [6.07, 6.45) is 8.12.